The lowest BCUT2D eigenvalue weighted by Crippen LogP contribution is -2.50. The van der Waals surface area contributed by atoms with Gasteiger partial charge in [0.25, 0.3) is 0 Å². The van der Waals surface area contributed by atoms with E-state index < -0.39 is 0 Å². The van der Waals surface area contributed by atoms with Gasteiger partial charge in [0.1, 0.15) is 0 Å². The first kappa shape index (κ1) is 12.0. The number of hydrogen-bond donors (Lipinski definition) is 1. The van der Waals surface area contributed by atoms with Gasteiger partial charge in [0, 0.05) is 26.3 Å². The minimum atomic E-state index is 0.125. The number of rotatable bonds is 7. The summed E-state index contributed by atoms with van der Waals surface area (Å²) in [6.07, 6.45) is 3.69. The van der Waals surface area contributed by atoms with Crippen molar-refractivity contribution < 1.29 is 9.47 Å². The Morgan fingerprint density at radius 1 is 1.43 bits per heavy atom. The number of nitrogens with one attached hydrogen (secondary N) is 1. The van der Waals surface area contributed by atoms with Crippen molar-refractivity contribution in [1.82, 2.24) is 5.32 Å². The summed E-state index contributed by atoms with van der Waals surface area (Å²) in [6.45, 7) is 6.71. The summed E-state index contributed by atoms with van der Waals surface area (Å²) in [5.41, 5.74) is 0.125. The molecule has 0 aromatic carbocycles. The molecule has 0 radical (unpaired) electrons. The molecule has 1 saturated carbocycles. The van der Waals surface area contributed by atoms with Crippen LogP contribution < -0.4 is 5.32 Å². The third-order valence-corrected chi connectivity index (χ3v) is 3.04. The summed E-state index contributed by atoms with van der Waals surface area (Å²) in [4.78, 5) is 0. The quantitative estimate of drug-likeness (QED) is 0.678. The molecule has 1 N–H and O–H groups in total. The van der Waals surface area contributed by atoms with Crippen molar-refractivity contribution >= 4 is 0 Å². The van der Waals surface area contributed by atoms with Crippen molar-refractivity contribution in [2.45, 2.75) is 44.8 Å². The van der Waals surface area contributed by atoms with Gasteiger partial charge in [-0.25, -0.2) is 0 Å². The fourth-order valence-corrected chi connectivity index (χ4v) is 1.74. The summed E-state index contributed by atoms with van der Waals surface area (Å²) in [6, 6.07) is 0.419. The molecule has 14 heavy (non-hydrogen) atoms. The summed E-state index contributed by atoms with van der Waals surface area (Å²) < 4.78 is 10.9. The van der Waals surface area contributed by atoms with Crippen molar-refractivity contribution in [2.24, 2.45) is 0 Å². The lowest BCUT2D eigenvalue weighted by molar-refractivity contribution is -0.0717. The van der Waals surface area contributed by atoms with Crippen LogP contribution in [0.4, 0.5) is 0 Å². The van der Waals surface area contributed by atoms with E-state index in [9.17, 15) is 0 Å². The van der Waals surface area contributed by atoms with E-state index in [2.05, 4.69) is 12.2 Å². The van der Waals surface area contributed by atoms with Crippen LogP contribution in [0.3, 0.4) is 0 Å². The molecule has 3 nitrogen and oxygen atoms in total. The van der Waals surface area contributed by atoms with Crippen LogP contribution in [0.1, 0.15) is 33.1 Å². The van der Waals surface area contributed by atoms with Crippen molar-refractivity contribution in [1.29, 1.82) is 0 Å². The van der Waals surface area contributed by atoms with E-state index in [0.29, 0.717) is 6.04 Å². The molecule has 1 rings (SSSR count). The first-order valence-electron chi connectivity index (χ1n) is 5.59. The molecule has 0 saturated heterocycles. The number of ether oxygens (including phenoxy) is 2. The summed E-state index contributed by atoms with van der Waals surface area (Å²) in [7, 11) is 1.81. The third kappa shape index (κ3) is 3.23. The van der Waals surface area contributed by atoms with E-state index in [0.717, 1.165) is 19.8 Å². The number of methoxy groups -OCH3 is 1. The maximum atomic E-state index is 5.53. The smallest absolute Gasteiger partial charge is 0.0802 e. The Bertz CT molecular complexity index is 152. The van der Waals surface area contributed by atoms with Gasteiger partial charge in [-0.2, -0.15) is 0 Å². The largest absolute Gasteiger partial charge is 0.380 e. The predicted molar refractivity (Wildman–Crippen MR) is 57.5 cm³/mol. The third-order valence-electron chi connectivity index (χ3n) is 3.04. The van der Waals surface area contributed by atoms with Gasteiger partial charge in [-0.05, 0) is 33.1 Å². The topological polar surface area (TPSA) is 30.5 Å². The SMILES string of the molecule is CCOCC(C)NCC1(OC)CCC1. The molecule has 1 fully saturated rings. The van der Waals surface area contributed by atoms with Crippen molar-refractivity contribution in [3.8, 4) is 0 Å². The van der Waals surface area contributed by atoms with Gasteiger partial charge in [0.15, 0.2) is 0 Å². The Labute approximate surface area is 87.2 Å². The second-order valence-electron chi connectivity index (χ2n) is 4.18. The monoisotopic (exact) mass is 201 g/mol. The Morgan fingerprint density at radius 3 is 2.57 bits per heavy atom. The van der Waals surface area contributed by atoms with Crippen molar-refractivity contribution in [3.63, 3.8) is 0 Å². The van der Waals surface area contributed by atoms with Crippen LogP contribution in [0.25, 0.3) is 0 Å². The van der Waals surface area contributed by atoms with Crippen molar-refractivity contribution in [2.75, 3.05) is 26.9 Å². The van der Waals surface area contributed by atoms with E-state index in [4.69, 9.17) is 9.47 Å². The first-order chi connectivity index (χ1) is 6.72. The maximum absolute atomic E-state index is 5.53. The van der Waals surface area contributed by atoms with Crippen LogP contribution in [0.15, 0.2) is 0 Å². The van der Waals surface area contributed by atoms with Crippen LogP contribution in [0.5, 0.6) is 0 Å². The fraction of sp³-hybridized carbons (Fsp3) is 1.00. The average molecular weight is 201 g/mol. The van der Waals surface area contributed by atoms with E-state index in [-0.39, 0.29) is 5.60 Å². The standard InChI is InChI=1S/C11H23NO2/c1-4-14-8-10(2)12-9-11(13-3)6-5-7-11/h10,12H,4-9H2,1-3H3. The van der Waals surface area contributed by atoms with E-state index in [1.54, 1.807) is 0 Å². The predicted octanol–water partition coefficient (Wildman–Crippen LogP) is 1.57. The molecule has 0 aliphatic heterocycles. The van der Waals surface area contributed by atoms with Gasteiger partial charge in [0.05, 0.1) is 12.2 Å². The highest BCUT2D eigenvalue weighted by molar-refractivity contribution is 4.91. The summed E-state index contributed by atoms with van der Waals surface area (Å²) in [5.74, 6) is 0. The molecule has 1 aliphatic carbocycles. The van der Waals surface area contributed by atoms with Gasteiger partial charge in [0.2, 0.25) is 0 Å². The zero-order chi connectivity index (χ0) is 10.4. The summed E-state index contributed by atoms with van der Waals surface area (Å²) in [5, 5.41) is 3.46. The van der Waals surface area contributed by atoms with Crippen LogP contribution in [0.2, 0.25) is 0 Å². The number of hydrogen-bond acceptors (Lipinski definition) is 3. The molecule has 0 heterocycles. The molecule has 0 spiro atoms. The zero-order valence-corrected chi connectivity index (χ0v) is 9.64. The highest BCUT2D eigenvalue weighted by Gasteiger charge is 2.36. The molecule has 1 aliphatic rings. The highest BCUT2D eigenvalue weighted by atomic mass is 16.5. The van der Waals surface area contributed by atoms with Gasteiger partial charge in [-0.1, -0.05) is 0 Å². The van der Waals surface area contributed by atoms with Crippen molar-refractivity contribution in [3.05, 3.63) is 0 Å². The maximum Gasteiger partial charge on any atom is 0.0802 e. The van der Waals surface area contributed by atoms with Crippen LogP contribution in [-0.2, 0) is 9.47 Å². The van der Waals surface area contributed by atoms with E-state index in [1.165, 1.54) is 19.3 Å². The summed E-state index contributed by atoms with van der Waals surface area (Å²) >= 11 is 0. The molecule has 1 atom stereocenters. The minimum absolute atomic E-state index is 0.125. The second kappa shape index (κ2) is 5.69. The second-order valence-corrected chi connectivity index (χ2v) is 4.18. The molecule has 0 amide bonds. The molecule has 0 aromatic heterocycles. The van der Waals surface area contributed by atoms with Crippen LogP contribution in [-0.4, -0.2) is 38.5 Å². The first-order valence-corrected chi connectivity index (χ1v) is 5.59. The van der Waals surface area contributed by atoms with E-state index in [1.807, 2.05) is 14.0 Å². The van der Waals surface area contributed by atoms with Gasteiger partial charge >= 0.3 is 0 Å². The molecule has 1 unspecified atom stereocenters. The van der Waals surface area contributed by atoms with Crippen LogP contribution in [0, 0.1) is 0 Å². The zero-order valence-electron chi connectivity index (χ0n) is 9.64. The Hall–Kier alpha value is -0.120. The highest BCUT2D eigenvalue weighted by Crippen LogP contribution is 2.34. The van der Waals surface area contributed by atoms with Gasteiger partial charge < -0.3 is 14.8 Å². The Morgan fingerprint density at radius 2 is 2.14 bits per heavy atom. The molecule has 84 valence electrons. The molecular weight excluding hydrogens is 178 g/mol. The lowest BCUT2D eigenvalue weighted by atomic mass is 9.80. The molecule has 3 heteroatoms. The Kier molecular flexibility index (Phi) is 4.85. The minimum Gasteiger partial charge on any atom is -0.380 e. The lowest BCUT2D eigenvalue weighted by Gasteiger charge is -2.41. The van der Waals surface area contributed by atoms with Crippen LogP contribution >= 0.6 is 0 Å². The van der Waals surface area contributed by atoms with Gasteiger partial charge in [-0.15, -0.1) is 0 Å². The average Bonchev–Trinajstić information content (AvgIpc) is 2.14. The van der Waals surface area contributed by atoms with Gasteiger partial charge in [-0.3, -0.25) is 0 Å². The molecule has 0 aromatic rings. The molecule has 0 bridgehead atoms. The Balaban J connectivity index is 2.12. The molecular formula is C11H23NO2. The fourth-order valence-electron chi connectivity index (χ4n) is 1.74. The normalized spacial score (nSPS) is 21.6. The van der Waals surface area contributed by atoms with E-state index >= 15 is 0 Å².